The topological polar surface area (TPSA) is 120 Å². The molecule has 0 unspecified atom stereocenters. The van der Waals surface area contributed by atoms with Gasteiger partial charge in [0.1, 0.15) is 5.69 Å². The van der Waals surface area contributed by atoms with E-state index in [4.69, 9.17) is 5.73 Å². The summed E-state index contributed by atoms with van der Waals surface area (Å²) in [5.41, 5.74) is 7.55. The Morgan fingerprint density at radius 3 is 2.77 bits per heavy atom. The van der Waals surface area contributed by atoms with Gasteiger partial charge in [-0.2, -0.15) is 0 Å². The second-order valence-corrected chi connectivity index (χ2v) is 6.55. The highest BCUT2D eigenvalue weighted by molar-refractivity contribution is 7.14. The molecule has 2 heterocycles. The number of aryl methyl sites for hydroxylation is 2. The number of carbonyl (C=O) groups excluding carboxylic acids is 2. The van der Waals surface area contributed by atoms with Crippen molar-refractivity contribution in [3.63, 3.8) is 0 Å². The Hall–Kier alpha value is -3.07. The molecule has 0 saturated heterocycles. The van der Waals surface area contributed by atoms with E-state index in [9.17, 15) is 14.4 Å². The highest BCUT2D eigenvalue weighted by atomic mass is 32.1. The minimum atomic E-state index is -0.480. The van der Waals surface area contributed by atoms with Gasteiger partial charge < -0.3 is 10.3 Å². The van der Waals surface area contributed by atoms with Crippen LogP contribution < -0.4 is 16.6 Å². The van der Waals surface area contributed by atoms with Gasteiger partial charge in [-0.25, -0.2) is 9.97 Å². The van der Waals surface area contributed by atoms with Gasteiger partial charge in [0.15, 0.2) is 5.13 Å². The lowest BCUT2D eigenvalue weighted by atomic mass is 10.1. The third-order valence-electron chi connectivity index (χ3n) is 3.82. The number of carbonyl (C=O) groups is 2. The van der Waals surface area contributed by atoms with Gasteiger partial charge in [0.05, 0.1) is 23.1 Å². The predicted molar refractivity (Wildman–Crippen MR) is 99.4 cm³/mol. The number of primary amides is 1. The second-order valence-electron chi connectivity index (χ2n) is 5.69. The summed E-state index contributed by atoms with van der Waals surface area (Å²) in [5, 5.41) is 4.75. The van der Waals surface area contributed by atoms with Gasteiger partial charge in [-0.15, -0.1) is 11.3 Å². The Labute approximate surface area is 152 Å². The lowest BCUT2D eigenvalue weighted by molar-refractivity contribution is -0.117. The molecule has 2 aromatic heterocycles. The lowest BCUT2D eigenvalue weighted by Gasteiger charge is -2.10. The minimum Gasteiger partial charge on any atom is -0.369 e. The molecule has 9 heteroatoms. The van der Waals surface area contributed by atoms with Crippen LogP contribution in [0.15, 0.2) is 28.4 Å². The number of aromatic nitrogens is 3. The highest BCUT2D eigenvalue weighted by Crippen LogP contribution is 2.18. The molecule has 0 radical (unpaired) electrons. The number of fused-ring (bicyclic) bond motifs is 1. The van der Waals surface area contributed by atoms with Crippen molar-refractivity contribution in [1.82, 2.24) is 14.5 Å². The van der Waals surface area contributed by atoms with E-state index < -0.39 is 5.91 Å². The fourth-order valence-electron chi connectivity index (χ4n) is 2.62. The van der Waals surface area contributed by atoms with E-state index in [2.05, 4.69) is 15.3 Å². The maximum Gasteiger partial charge on any atom is 0.272 e. The quantitative estimate of drug-likeness (QED) is 0.703. The van der Waals surface area contributed by atoms with Crippen LogP contribution in [0.4, 0.5) is 5.13 Å². The summed E-state index contributed by atoms with van der Waals surface area (Å²) in [6.45, 7) is 4.05. The van der Waals surface area contributed by atoms with Gasteiger partial charge >= 0.3 is 0 Å². The van der Waals surface area contributed by atoms with Gasteiger partial charge in [-0.05, 0) is 32.0 Å². The first-order chi connectivity index (χ1) is 12.4. The number of hydrogen-bond donors (Lipinski definition) is 2. The fourth-order valence-corrected chi connectivity index (χ4v) is 3.33. The number of thiazole rings is 1. The van der Waals surface area contributed by atoms with Crippen LogP contribution in [0.3, 0.4) is 0 Å². The number of benzene rings is 1. The maximum absolute atomic E-state index is 12.5. The Balaban J connectivity index is 1.89. The van der Waals surface area contributed by atoms with Gasteiger partial charge in [0, 0.05) is 17.5 Å². The molecule has 3 rings (SSSR count). The zero-order chi connectivity index (χ0) is 18.8. The molecule has 3 aromatic rings. The number of nitrogens with one attached hydrogen (secondary N) is 1. The summed E-state index contributed by atoms with van der Waals surface area (Å²) in [6.07, 6.45) is 0.0279. The van der Waals surface area contributed by atoms with Gasteiger partial charge in [0.25, 0.3) is 11.5 Å². The molecule has 0 spiro atoms. The number of amides is 2. The van der Waals surface area contributed by atoms with Crippen molar-refractivity contribution in [3.05, 3.63) is 50.9 Å². The summed E-state index contributed by atoms with van der Waals surface area (Å²) in [4.78, 5) is 44.0. The van der Waals surface area contributed by atoms with E-state index in [1.165, 1.54) is 11.3 Å². The van der Waals surface area contributed by atoms with Crippen LogP contribution in [-0.4, -0.2) is 26.3 Å². The molecule has 3 N–H and O–H groups in total. The Bertz CT molecular complexity index is 1070. The molecule has 0 saturated carbocycles. The van der Waals surface area contributed by atoms with Gasteiger partial charge in [0.2, 0.25) is 5.91 Å². The Morgan fingerprint density at radius 1 is 1.31 bits per heavy atom. The molecule has 134 valence electrons. The van der Waals surface area contributed by atoms with E-state index >= 15 is 0 Å². The number of nitrogens with zero attached hydrogens (tertiary/aromatic N) is 3. The third-order valence-corrected chi connectivity index (χ3v) is 4.62. The van der Waals surface area contributed by atoms with Crippen molar-refractivity contribution in [3.8, 4) is 0 Å². The van der Waals surface area contributed by atoms with Crippen molar-refractivity contribution in [1.29, 1.82) is 0 Å². The summed E-state index contributed by atoms with van der Waals surface area (Å²) in [6, 6.07) is 4.99. The Kier molecular flexibility index (Phi) is 4.81. The normalized spacial score (nSPS) is 10.8. The lowest BCUT2D eigenvalue weighted by Crippen LogP contribution is -2.23. The summed E-state index contributed by atoms with van der Waals surface area (Å²) in [7, 11) is 0. The molecule has 2 amide bonds. The van der Waals surface area contributed by atoms with Crippen molar-refractivity contribution in [2.24, 2.45) is 5.73 Å². The summed E-state index contributed by atoms with van der Waals surface area (Å²) < 4.78 is 1.62. The van der Waals surface area contributed by atoms with Crippen LogP contribution in [-0.2, 0) is 17.8 Å². The smallest absolute Gasteiger partial charge is 0.272 e. The zero-order valence-corrected chi connectivity index (χ0v) is 15.1. The Morgan fingerprint density at radius 2 is 2.08 bits per heavy atom. The number of rotatable bonds is 5. The molecular formula is C17H17N5O3S. The van der Waals surface area contributed by atoms with Crippen molar-refractivity contribution in [2.75, 3.05) is 5.32 Å². The van der Waals surface area contributed by atoms with E-state index in [1.54, 1.807) is 35.1 Å². The average molecular weight is 371 g/mol. The highest BCUT2D eigenvalue weighted by Gasteiger charge is 2.13. The molecule has 0 bridgehead atoms. The molecule has 0 aliphatic carbocycles. The molecule has 0 aliphatic heterocycles. The van der Waals surface area contributed by atoms with Crippen LogP contribution in [0.1, 0.15) is 28.7 Å². The molecular weight excluding hydrogens is 354 g/mol. The molecule has 0 fully saturated rings. The molecule has 0 atom stereocenters. The second kappa shape index (κ2) is 7.04. The number of hydrogen-bond acceptors (Lipinski definition) is 6. The summed E-state index contributed by atoms with van der Waals surface area (Å²) >= 11 is 1.22. The monoisotopic (exact) mass is 371 g/mol. The largest absolute Gasteiger partial charge is 0.369 e. The summed E-state index contributed by atoms with van der Waals surface area (Å²) in [5.74, 6) is -0.827. The van der Waals surface area contributed by atoms with Crippen LogP contribution in [0.5, 0.6) is 0 Å². The van der Waals surface area contributed by atoms with Crippen LogP contribution in [0.2, 0.25) is 0 Å². The molecule has 8 nitrogen and oxygen atoms in total. The maximum atomic E-state index is 12.5. The average Bonchev–Trinajstić information content (AvgIpc) is 3.01. The van der Waals surface area contributed by atoms with E-state index in [1.807, 2.05) is 6.92 Å². The zero-order valence-electron chi connectivity index (χ0n) is 14.3. The van der Waals surface area contributed by atoms with Gasteiger partial charge in [-0.1, -0.05) is 0 Å². The first-order valence-corrected chi connectivity index (χ1v) is 8.82. The SMILES string of the molecule is CCn1c(=O)c(C)nc2cc(C(=O)Nc3nc(CC(N)=O)cs3)ccc21. The van der Waals surface area contributed by atoms with Gasteiger partial charge in [-0.3, -0.25) is 19.7 Å². The van der Waals surface area contributed by atoms with Crippen LogP contribution in [0.25, 0.3) is 11.0 Å². The van der Waals surface area contributed by atoms with Crippen molar-refractivity contribution < 1.29 is 9.59 Å². The van der Waals surface area contributed by atoms with E-state index in [0.717, 1.165) is 0 Å². The molecule has 1 aromatic carbocycles. The van der Waals surface area contributed by atoms with Crippen LogP contribution >= 0.6 is 11.3 Å². The van der Waals surface area contributed by atoms with Crippen molar-refractivity contribution in [2.45, 2.75) is 26.8 Å². The van der Waals surface area contributed by atoms with Crippen molar-refractivity contribution >= 4 is 39.3 Å². The minimum absolute atomic E-state index is 0.0279. The van der Waals surface area contributed by atoms with Crippen LogP contribution in [0, 0.1) is 6.92 Å². The number of nitrogens with two attached hydrogens (primary N) is 1. The molecule has 26 heavy (non-hydrogen) atoms. The van der Waals surface area contributed by atoms with E-state index in [-0.39, 0.29) is 17.9 Å². The fraction of sp³-hybridized carbons (Fsp3) is 0.235. The first kappa shape index (κ1) is 17.7. The third kappa shape index (κ3) is 3.47. The van der Waals surface area contributed by atoms with E-state index in [0.29, 0.717) is 39.7 Å². The molecule has 0 aliphatic rings. The predicted octanol–water partition coefficient (Wildman–Crippen LogP) is 1.46. The standard InChI is InChI=1S/C17H17N5O3S/c1-3-22-13-5-4-10(6-12(13)19-9(2)16(22)25)15(24)21-17-20-11(8-26-17)7-14(18)23/h4-6,8H,3,7H2,1-2H3,(H2,18,23)(H,20,21,24). The first-order valence-electron chi connectivity index (χ1n) is 7.94. The number of anilines is 1.